The molecule has 0 spiro atoms. The minimum absolute atomic E-state index is 0. The highest BCUT2D eigenvalue weighted by atomic mass is 35.5. The quantitative estimate of drug-likeness (QED) is 0.742. The topological polar surface area (TPSA) is 61.4 Å². The summed E-state index contributed by atoms with van der Waals surface area (Å²) >= 11 is 1.43. The monoisotopic (exact) mass is 345 g/mol. The Morgan fingerprint density at radius 3 is 2.86 bits per heavy atom. The Bertz CT molecular complexity index is 467. The summed E-state index contributed by atoms with van der Waals surface area (Å²) in [5, 5.41) is 8.05. The van der Waals surface area contributed by atoms with Crippen LogP contribution in [0.15, 0.2) is 17.5 Å². The average molecular weight is 346 g/mol. The van der Waals surface area contributed by atoms with Crippen LogP contribution in [0, 0.1) is 0 Å². The Morgan fingerprint density at radius 2 is 2.18 bits per heavy atom. The van der Waals surface area contributed by atoms with Crippen LogP contribution in [-0.2, 0) is 4.79 Å². The smallest absolute Gasteiger partial charge is 0.264 e. The molecule has 22 heavy (non-hydrogen) atoms. The molecular weight excluding hydrogens is 322 g/mol. The average Bonchev–Trinajstić information content (AvgIpc) is 3.17. The minimum Gasteiger partial charge on any atom is -0.353 e. The van der Waals surface area contributed by atoms with Crippen LogP contribution in [-0.4, -0.2) is 48.9 Å². The predicted molar refractivity (Wildman–Crippen MR) is 91.8 cm³/mol. The first-order valence-corrected chi connectivity index (χ1v) is 8.45. The van der Waals surface area contributed by atoms with Gasteiger partial charge < -0.3 is 15.5 Å². The van der Waals surface area contributed by atoms with Crippen molar-refractivity contribution in [3.63, 3.8) is 0 Å². The first kappa shape index (κ1) is 18.9. The number of likely N-dealkylation sites (tertiary alicyclic amines) is 1. The zero-order valence-corrected chi connectivity index (χ0v) is 14.5. The van der Waals surface area contributed by atoms with Gasteiger partial charge in [-0.05, 0) is 37.3 Å². The molecule has 2 heterocycles. The number of rotatable bonds is 7. The van der Waals surface area contributed by atoms with Gasteiger partial charge in [0, 0.05) is 19.6 Å². The highest BCUT2D eigenvalue weighted by Crippen LogP contribution is 2.22. The second kappa shape index (κ2) is 9.82. The standard InChI is InChI=1S/C15H23N3O2S.ClH/c1-2-7-16-8-9-17-14(19)12-5-3-10-18(12)15(20)13-6-4-11-21-13;/h4,6,11-12,16H,2-3,5,7-10H2,1H3,(H,17,19);1H. The van der Waals surface area contributed by atoms with E-state index in [-0.39, 0.29) is 30.3 Å². The number of nitrogens with one attached hydrogen (secondary N) is 2. The number of carbonyl (C=O) groups is 2. The van der Waals surface area contributed by atoms with Gasteiger partial charge in [-0.15, -0.1) is 23.7 Å². The van der Waals surface area contributed by atoms with Crippen molar-refractivity contribution in [3.05, 3.63) is 22.4 Å². The van der Waals surface area contributed by atoms with Gasteiger partial charge in [-0.1, -0.05) is 13.0 Å². The summed E-state index contributed by atoms with van der Waals surface area (Å²) in [7, 11) is 0. The number of hydrogen-bond donors (Lipinski definition) is 2. The molecule has 0 saturated carbocycles. The van der Waals surface area contributed by atoms with Gasteiger partial charge in [0.1, 0.15) is 6.04 Å². The predicted octanol–water partition coefficient (Wildman–Crippen LogP) is 1.89. The number of amides is 2. The molecule has 0 aromatic carbocycles. The van der Waals surface area contributed by atoms with E-state index in [1.54, 1.807) is 4.90 Å². The fraction of sp³-hybridized carbons (Fsp3) is 0.600. The number of hydrogen-bond acceptors (Lipinski definition) is 4. The van der Waals surface area contributed by atoms with Crippen LogP contribution in [0.1, 0.15) is 35.9 Å². The van der Waals surface area contributed by atoms with Crippen molar-refractivity contribution >= 4 is 35.6 Å². The zero-order chi connectivity index (χ0) is 15.1. The third kappa shape index (κ3) is 4.97. The molecule has 1 aromatic heterocycles. The molecule has 1 unspecified atom stereocenters. The van der Waals surface area contributed by atoms with Gasteiger partial charge in [0.05, 0.1) is 4.88 Å². The van der Waals surface area contributed by atoms with Gasteiger partial charge in [-0.3, -0.25) is 9.59 Å². The highest BCUT2D eigenvalue weighted by molar-refractivity contribution is 7.12. The second-order valence-electron chi connectivity index (χ2n) is 5.17. The van der Waals surface area contributed by atoms with Gasteiger partial charge in [-0.25, -0.2) is 0 Å². The van der Waals surface area contributed by atoms with Crippen molar-refractivity contribution in [1.82, 2.24) is 15.5 Å². The molecule has 1 aliphatic rings. The number of halogens is 1. The van der Waals surface area contributed by atoms with Crippen molar-refractivity contribution in [1.29, 1.82) is 0 Å². The van der Waals surface area contributed by atoms with Crippen molar-refractivity contribution in [2.24, 2.45) is 0 Å². The molecule has 5 nitrogen and oxygen atoms in total. The van der Waals surface area contributed by atoms with Crippen LogP contribution >= 0.6 is 23.7 Å². The number of carbonyl (C=O) groups excluding carboxylic acids is 2. The van der Waals surface area contributed by atoms with E-state index in [9.17, 15) is 9.59 Å². The lowest BCUT2D eigenvalue weighted by Crippen LogP contribution is -2.47. The third-order valence-electron chi connectivity index (χ3n) is 3.58. The van der Waals surface area contributed by atoms with E-state index < -0.39 is 0 Å². The molecule has 7 heteroatoms. The Kier molecular flexibility index (Phi) is 8.45. The van der Waals surface area contributed by atoms with E-state index in [2.05, 4.69) is 17.6 Å². The van der Waals surface area contributed by atoms with Crippen LogP contribution in [0.5, 0.6) is 0 Å². The molecule has 0 radical (unpaired) electrons. The Hall–Kier alpha value is -1.11. The molecule has 1 fully saturated rings. The third-order valence-corrected chi connectivity index (χ3v) is 4.43. The van der Waals surface area contributed by atoms with E-state index in [0.29, 0.717) is 18.0 Å². The van der Waals surface area contributed by atoms with Gasteiger partial charge >= 0.3 is 0 Å². The van der Waals surface area contributed by atoms with E-state index in [4.69, 9.17) is 0 Å². The first-order valence-electron chi connectivity index (χ1n) is 7.57. The number of thiophene rings is 1. The molecule has 2 rings (SSSR count). The van der Waals surface area contributed by atoms with Crippen molar-refractivity contribution < 1.29 is 9.59 Å². The summed E-state index contributed by atoms with van der Waals surface area (Å²) in [6.45, 7) is 5.12. The lowest BCUT2D eigenvalue weighted by Gasteiger charge is -2.23. The molecule has 2 N–H and O–H groups in total. The van der Waals surface area contributed by atoms with E-state index in [0.717, 1.165) is 32.4 Å². The summed E-state index contributed by atoms with van der Waals surface area (Å²) in [4.78, 5) is 27.0. The second-order valence-corrected chi connectivity index (χ2v) is 6.12. The Labute approximate surface area is 141 Å². The van der Waals surface area contributed by atoms with Gasteiger partial charge in [0.25, 0.3) is 5.91 Å². The van der Waals surface area contributed by atoms with E-state index >= 15 is 0 Å². The summed E-state index contributed by atoms with van der Waals surface area (Å²) < 4.78 is 0. The van der Waals surface area contributed by atoms with Crippen molar-refractivity contribution in [3.8, 4) is 0 Å². The van der Waals surface area contributed by atoms with Crippen LogP contribution in [0.25, 0.3) is 0 Å². The van der Waals surface area contributed by atoms with Gasteiger partial charge in [-0.2, -0.15) is 0 Å². The van der Waals surface area contributed by atoms with Gasteiger partial charge in [0.2, 0.25) is 5.91 Å². The highest BCUT2D eigenvalue weighted by Gasteiger charge is 2.34. The molecule has 1 saturated heterocycles. The molecule has 0 bridgehead atoms. The normalized spacial score (nSPS) is 17.1. The van der Waals surface area contributed by atoms with Gasteiger partial charge in [0.15, 0.2) is 0 Å². The summed E-state index contributed by atoms with van der Waals surface area (Å²) in [6, 6.07) is 3.36. The SMILES string of the molecule is CCCNCCNC(=O)C1CCCN1C(=O)c1cccs1.Cl. The maximum absolute atomic E-state index is 12.4. The minimum atomic E-state index is -0.314. The molecule has 0 aliphatic carbocycles. The molecule has 1 aliphatic heterocycles. The first-order chi connectivity index (χ1) is 10.2. The van der Waals surface area contributed by atoms with Crippen LogP contribution in [0.2, 0.25) is 0 Å². The summed E-state index contributed by atoms with van der Waals surface area (Å²) in [5.74, 6) is -0.0533. The molecule has 1 atom stereocenters. The van der Waals surface area contributed by atoms with Crippen LogP contribution in [0.3, 0.4) is 0 Å². The van der Waals surface area contributed by atoms with Crippen LogP contribution in [0.4, 0.5) is 0 Å². The van der Waals surface area contributed by atoms with Crippen molar-refractivity contribution in [2.75, 3.05) is 26.2 Å². The molecule has 1 aromatic rings. The van der Waals surface area contributed by atoms with Crippen LogP contribution < -0.4 is 10.6 Å². The maximum Gasteiger partial charge on any atom is 0.264 e. The van der Waals surface area contributed by atoms with E-state index in [1.807, 2.05) is 17.5 Å². The summed E-state index contributed by atoms with van der Waals surface area (Å²) in [5.41, 5.74) is 0. The lowest BCUT2D eigenvalue weighted by atomic mass is 10.2. The Morgan fingerprint density at radius 1 is 1.36 bits per heavy atom. The molecule has 124 valence electrons. The largest absolute Gasteiger partial charge is 0.353 e. The molecule has 2 amide bonds. The molecular formula is C15H24ClN3O2S. The lowest BCUT2D eigenvalue weighted by molar-refractivity contribution is -0.124. The zero-order valence-electron chi connectivity index (χ0n) is 12.8. The summed E-state index contributed by atoms with van der Waals surface area (Å²) in [6.07, 6.45) is 2.73. The fourth-order valence-electron chi connectivity index (χ4n) is 2.52. The Balaban J connectivity index is 0.00000242. The number of nitrogens with zero attached hydrogens (tertiary/aromatic N) is 1. The van der Waals surface area contributed by atoms with E-state index in [1.165, 1.54) is 11.3 Å². The fourth-order valence-corrected chi connectivity index (χ4v) is 3.20. The van der Waals surface area contributed by atoms with Crippen molar-refractivity contribution in [2.45, 2.75) is 32.2 Å². The maximum atomic E-state index is 12.4.